The predicted octanol–water partition coefficient (Wildman–Crippen LogP) is 7.99. The van der Waals surface area contributed by atoms with Gasteiger partial charge >= 0.3 is 0 Å². The quantitative estimate of drug-likeness (QED) is 0.156. The molecule has 0 saturated carbocycles. The van der Waals surface area contributed by atoms with Gasteiger partial charge in [0.2, 0.25) is 0 Å². The molecular weight excluding hydrogens is 448 g/mol. The van der Waals surface area contributed by atoms with Crippen LogP contribution in [-0.4, -0.2) is 0 Å². The second-order valence-corrected chi connectivity index (χ2v) is 10.6. The normalized spacial score (nSPS) is 11.1. The van der Waals surface area contributed by atoms with E-state index >= 15 is 0 Å². The fourth-order valence-corrected chi connectivity index (χ4v) is 5.15. The Bertz CT molecular complexity index is 1170. The lowest BCUT2D eigenvalue weighted by Crippen LogP contribution is -1.97. The van der Waals surface area contributed by atoms with Crippen LogP contribution < -0.4 is 11.5 Å². The van der Waals surface area contributed by atoms with Crippen LogP contribution in [0.5, 0.6) is 0 Å². The second-order valence-electron chi connectivity index (χ2n) is 10.6. The first-order valence-corrected chi connectivity index (χ1v) is 13.8. The third-order valence-electron chi connectivity index (χ3n) is 7.57. The summed E-state index contributed by atoms with van der Waals surface area (Å²) in [5, 5.41) is 0. The van der Waals surface area contributed by atoms with Crippen molar-refractivity contribution in [2.75, 3.05) is 11.5 Å². The minimum absolute atomic E-state index is 0.832. The SMILES string of the molecule is Cc1cc(CCCCCc2ccc(CCc3ccc(N)cc3)c(C)c2)ccc1CCc1ccc(N)cc1. The van der Waals surface area contributed by atoms with Crippen molar-refractivity contribution < 1.29 is 0 Å². The zero-order valence-corrected chi connectivity index (χ0v) is 22.6. The maximum Gasteiger partial charge on any atom is 0.0314 e. The van der Waals surface area contributed by atoms with Crippen LogP contribution in [0.25, 0.3) is 0 Å². The standard InChI is InChI=1S/C35H42N2/c1-26-24-30(10-18-32(26)16-8-28-12-20-34(36)21-13-28)6-4-3-5-7-31-11-19-33(27(2)25-31)17-9-29-14-22-35(37)23-15-29/h10-15,18-25H,3-9,16-17,36-37H2,1-2H3. The third-order valence-corrected chi connectivity index (χ3v) is 7.57. The van der Waals surface area contributed by atoms with Gasteiger partial charge in [-0.2, -0.15) is 0 Å². The molecule has 4 aromatic rings. The van der Waals surface area contributed by atoms with Crippen LogP contribution in [0.2, 0.25) is 0 Å². The van der Waals surface area contributed by atoms with Crippen LogP contribution in [0.15, 0.2) is 84.9 Å². The maximum absolute atomic E-state index is 5.80. The van der Waals surface area contributed by atoms with E-state index in [4.69, 9.17) is 11.5 Å². The first kappa shape index (κ1) is 26.5. The first-order chi connectivity index (χ1) is 18.0. The Hall–Kier alpha value is -3.52. The van der Waals surface area contributed by atoms with Gasteiger partial charge in [-0.3, -0.25) is 0 Å². The molecule has 0 radical (unpaired) electrons. The number of benzene rings is 4. The van der Waals surface area contributed by atoms with Crippen molar-refractivity contribution in [1.29, 1.82) is 0 Å². The Labute approximate surface area is 223 Å². The fourth-order valence-electron chi connectivity index (χ4n) is 5.15. The lowest BCUT2D eigenvalue weighted by molar-refractivity contribution is 0.677. The highest BCUT2D eigenvalue weighted by molar-refractivity contribution is 5.41. The van der Waals surface area contributed by atoms with Crippen LogP contribution in [0, 0.1) is 13.8 Å². The van der Waals surface area contributed by atoms with E-state index in [0.29, 0.717) is 0 Å². The molecule has 2 nitrogen and oxygen atoms in total. The minimum Gasteiger partial charge on any atom is -0.399 e. The van der Waals surface area contributed by atoms with Gasteiger partial charge in [-0.15, -0.1) is 0 Å². The van der Waals surface area contributed by atoms with Gasteiger partial charge in [-0.1, -0.05) is 67.1 Å². The van der Waals surface area contributed by atoms with Crippen molar-refractivity contribution in [3.63, 3.8) is 0 Å². The van der Waals surface area contributed by atoms with E-state index in [-0.39, 0.29) is 0 Å². The highest BCUT2D eigenvalue weighted by Gasteiger charge is 2.04. The number of hydrogen-bond donors (Lipinski definition) is 2. The Balaban J connectivity index is 1.16. The molecule has 4 rings (SSSR count). The molecule has 0 aromatic heterocycles. The molecule has 0 bridgehead atoms. The van der Waals surface area contributed by atoms with Crippen LogP contribution in [0.4, 0.5) is 11.4 Å². The van der Waals surface area contributed by atoms with E-state index in [1.54, 1.807) is 0 Å². The van der Waals surface area contributed by atoms with Crippen LogP contribution in [0.1, 0.15) is 63.8 Å². The fraction of sp³-hybridized carbons (Fsp3) is 0.314. The molecule has 0 aliphatic carbocycles. The molecule has 0 aliphatic heterocycles. The molecule has 0 atom stereocenters. The Morgan fingerprint density at radius 2 is 0.784 bits per heavy atom. The highest BCUT2D eigenvalue weighted by atomic mass is 14.5. The van der Waals surface area contributed by atoms with Crippen molar-refractivity contribution >= 4 is 11.4 Å². The molecule has 0 spiro atoms. The summed E-state index contributed by atoms with van der Waals surface area (Å²) in [4.78, 5) is 0. The number of aryl methyl sites for hydroxylation is 8. The molecule has 4 aromatic carbocycles. The van der Waals surface area contributed by atoms with Crippen molar-refractivity contribution in [1.82, 2.24) is 0 Å². The molecule has 0 unspecified atom stereocenters. The Morgan fingerprint density at radius 3 is 1.16 bits per heavy atom. The van der Waals surface area contributed by atoms with Gasteiger partial charge in [0.1, 0.15) is 0 Å². The van der Waals surface area contributed by atoms with Gasteiger partial charge in [0.15, 0.2) is 0 Å². The van der Waals surface area contributed by atoms with E-state index in [2.05, 4.69) is 74.5 Å². The van der Waals surface area contributed by atoms with Crippen LogP contribution >= 0.6 is 0 Å². The van der Waals surface area contributed by atoms with Gasteiger partial charge in [-0.25, -0.2) is 0 Å². The van der Waals surface area contributed by atoms with Gasteiger partial charge in [0.05, 0.1) is 0 Å². The summed E-state index contributed by atoms with van der Waals surface area (Å²) in [6.45, 7) is 4.51. The lowest BCUT2D eigenvalue weighted by Gasteiger charge is -2.10. The molecular formula is C35H42N2. The molecule has 0 fully saturated rings. The lowest BCUT2D eigenvalue weighted by atomic mass is 9.95. The topological polar surface area (TPSA) is 52.0 Å². The predicted molar refractivity (Wildman–Crippen MR) is 160 cm³/mol. The number of unbranched alkanes of at least 4 members (excludes halogenated alkanes) is 2. The van der Waals surface area contributed by atoms with Gasteiger partial charge in [0, 0.05) is 11.4 Å². The van der Waals surface area contributed by atoms with E-state index in [1.807, 2.05) is 24.3 Å². The molecule has 0 amide bonds. The van der Waals surface area contributed by atoms with Crippen LogP contribution in [-0.2, 0) is 38.5 Å². The first-order valence-electron chi connectivity index (χ1n) is 13.8. The largest absolute Gasteiger partial charge is 0.399 e. The van der Waals surface area contributed by atoms with E-state index in [0.717, 1.165) is 37.1 Å². The van der Waals surface area contributed by atoms with Crippen LogP contribution in [0.3, 0.4) is 0 Å². The van der Waals surface area contributed by atoms with Crippen molar-refractivity contribution in [2.24, 2.45) is 0 Å². The summed E-state index contributed by atoms with van der Waals surface area (Å²) in [6.07, 6.45) is 10.4. The zero-order chi connectivity index (χ0) is 26.0. The number of hydrogen-bond acceptors (Lipinski definition) is 2. The zero-order valence-electron chi connectivity index (χ0n) is 22.6. The summed E-state index contributed by atoms with van der Waals surface area (Å²) in [5.74, 6) is 0. The van der Waals surface area contributed by atoms with Gasteiger partial charge in [0.25, 0.3) is 0 Å². The van der Waals surface area contributed by atoms with Crippen molar-refractivity contribution in [3.05, 3.63) is 129 Å². The van der Waals surface area contributed by atoms with E-state index in [1.165, 1.54) is 76.6 Å². The molecule has 0 heterocycles. The summed E-state index contributed by atoms with van der Waals surface area (Å²) >= 11 is 0. The molecule has 192 valence electrons. The average Bonchev–Trinajstić information content (AvgIpc) is 2.89. The monoisotopic (exact) mass is 490 g/mol. The molecule has 0 aliphatic rings. The Kier molecular flexibility index (Phi) is 9.43. The number of nitrogen functional groups attached to an aromatic ring is 2. The average molecular weight is 491 g/mol. The van der Waals surface area contributed by atoms with Crippen molar-refractivity contribution in [2.45, 2.75) is 71.6 Å². The minimum atomic E-state index is 0.832. The highest BCUT2D eigenvalue weighted by Crippen LogP contribution is 2.19. The van der Waals surface area contributed by atoms with E-state index < -0.39 is 0 Å². The summed E-state index contributed by atoms with van der Waals surface area (Å²) in [6, 6.07) is 30.6. The van der Waals surface area contributed by atoms with Gasteiger partial charge in [-0.05, 0) is 134 Å². The number of nitrogens with two attached hydrogens (primary N) is 2. The van der Waals surface area contributed by atoms with Gasteiger partial charge < -0.3 is 11.5 Å². The van der Waals surface area contributed by atoms with E-state index in [9.17, 15) is 0 Å². The maximum atomic E-state index is 5.80. The summed E-state index contributed by atoms with van der Waals surface area (Å²) in [5.41, 5.74) is 24.6. The number of rotatable bonds is 12. The molecule has 2 heteroatoms. The number of anilines is 2. The molecule has 0 saturated heterocycles. The summed E-state index contributed by atoms with van der Waals surface area (Å²) in [7, 11) is 0. The second kappa shape index (κ2) is 13.1. The van der Waals surface area contributed by atoms with Crippen molar-refractivity contribution in [3.8, 4) is 0 Å². The molecule has 4 N–H and O–H groups in total. The third kappa shape index (κ3) is 8.25. The smallest absolute Gasteiger partial charge is 0.0314 e. The molecule has 37 heavy (non-hydrogen) atoms. The summed E-state index contributed by atoms with van der Waals surface area (Å²) < 4.78 is 0. The Morgan fingerprint density at radius 1 is 0.405 bits per heavy atom.